The van der Waals surface area contributed by atoms with Crippen molar-refractivity contribution in [2.75, 3.05) is 20.2 Å². The van der Waals surface area contributed by atoms with Gasteiger partial charge in [-0.3, -0.25) is 4.79 Å². The summed E-state index contributed by atoms with van der Waals surface area (Å²) in [6, 6.07) is 11.4. The summed E-state index contributed by atoms with van der Waals surface area (Å²) < 4.78 is 37.7. The number of halogens is 1. The normalized spacial score (nSPS) is 17.9. The molecule has 1 aliphatic heterocycles. The van der Waals surface area contributed by atoms with Gasteiger partial charge in [0.1, 0.15) is 11.5 Å². The first-order chi connectivity index (χ1) is 13.3. The molecule has 0 aliphatic carbocycles. The van der Waals surface area contributed by atoms with Gasteiger partial charge in [-0.15, -0.1) is 0 Å². The van der Waals surface area contributed by atoms with Crippen molar-refractivity contribution in [3.05, 3.63) is 53.1 Å². The van der Waals surface area contributed by atoms with E-state index in [1.165, 1.54) is 23.5 Å². The van der Waals surface area contributed by atoms with Gasteiger partial charge in [0, 0.05) is 13.1 Å². The predicted molar refractivity (Wildman–Crippen MR) is 106 cm³/mol. The summed E-state index contributed by atoms with van der Waals surface area (Å²) in [6.45, 7) is 2.32. The maximum absolute atomic E-state index is 12.9. The van der Waals surface area contributed by atoms with Crippen molar-refractivity contribution < 1.29 is 22.7 Å². The van der Waals surface area contributed by atoms with Gasteiger partial charge in [-0.25, -0.2) is 8.42 Å². The number of piperidine rings is 1. The molecule has 1 unspecified atom stereocenters. The monoisotopic (exact) mass is 423 g/mol. The molecule has 28 heavy (non-hydrogen) atoms. The summed E-state index contributed by atoms with van der Waals surface area (Å²) in [4.78, 5) is 12.8. The highest BCUT2D eigenvalue weighted by Crippen LogP contribution is 2.29. The first kappa shape index (κ1) is 20.6. The second-order valence-corrected chi connectivity index (χ2v) is 9.08. The molecular formula is C20H22ClNO5S. The van der Waals surface area contributed by atoms with Crippen molar-refractivity contribution in [1.29, 1.82) is 0 Å². The molecule has 1 saturated heterocycles. The van der Waals surface area contributed by atoms with E-state index in [0.29, 0.717) is 35.9 Å². The van der Waals surface area contributed by atoms with Crippen molar-refractivity contribution in [3.8, 4) is 11.5 Å². The minimum atomic E-state index is -3.70. The van der Waals surface area contributed by atoms with Gasteiger partial charge in [0.2, 0.25) is 10.0 Å². The van der Waals surface area contributed by atoms with Gasteiger partial charge in [0.15, 0.2) is 0 Å². The van der Waals surface area contributed by atoms with E-state index in [1.54, 1.807) is 24.3 Å². The van der Waals surface area contributed by atoms with Gasteiger partial charge in [-0.1, -0.05) is 17.7 Å². The fourth-order valence-electron chi connectivity index (χ4n) is 3.13. The molecule has 0 aromatic heterocycles. The molecule has 0 saturated carbocycles. The van der Waals surface area contributed by atoms with E-state index in [-0.39, 0.29) is 11.4 Å². The molecule has 1 aliphatic rings. The van der Waals surface area contributed by atoms with Gasteiger partial charge in [0.05, 0.1) is 22.9 Å². The zero-order chi connectivity index (χ0) is 20.3. The Balaban J connectivity index is 1.73. The fourth-order valence-corrected chi connectivity index (χ4v) is 4.81. The number of benzene rings is 2. The minimum Gasteiger partial charge on any atom is -0.497 e. The Hall–Kier alpha value is -2.09. The summed E-state index contributed by atoms with van der Waals surface area (Å²) in [7, 11) is -2.18. The molecule has 1 atom stereocenters. The summed E-state index contributed by atoms with van der Waals surface area (Å²) in [5.74, 6) is -0.142. The average molecular weight is 424 g/mol. The van der Waals surface area contributed by atoms with Crippen LogP contribution in [0.5, 0.6) is 11.5 Å². The van der Waals surface area contributed by atoms with Crippen molar-refractivity contribution in [2.45, 2.75) is 24.7 Å². The molecule has 3 rings (SSSR count). The zero-order valence-corrected chi connectivity index (χ0v) is 17.3. The van der Waals surface area contributed by atoms with Crippen LogP contribution in [-0.2, 0) is 14.8 Å². The number of aryl methyl sites for hydroxylation is 1. The van der Waals surface area contributed by atoms with Crippen LogP contribution in [-0.4, -0.2) is 38.9 Å². The average Bonchev–Trinajstić information content (AvgIpc) is 2.71. The van der Waals surface area contributed by atoms with Crippen LogP contribution >= 0.6 is 11.6 Å². The Labute approximate surface area is 170 Å². The maximum Gasteiger partial charge on any atom is 0.315 e. The van der Waals surface area contributed by atoms with Gasteiger partial charge < -0.3 is 9.47 Å². The first-order valence-corrected chi connectivity index (χ1v) is 10.7. The van der Waals surface area contributed by atoms with Crippen LogP contribution in [0.2, 0.25) is 5.02 Å². The molecule has 2 aromatic carbocycles. The number of ether oxygens (including phenoxy) is 2. The van der Waals surface area contributed by atoms with Crippen LogP contribution < -0.4 is 9.47 Å². The van der Waals surface area contributed by atoms with E-state index in [9.17, 15) is 13.2 Å². The number of carbonyl (C=O) groups is 1. The quantitative estimate of drug-likeness (QED) is 0.542. The number of esters is 1. The Morgan fingerprint density at radius 2 is 1.89 bits per heavy atom. The third-order valence-corrected chi connectivity index (χ3v) is 6.90. The molecule has 0 amide bonds. The Morgan fingerprint density at radius 1 is 1.18 bits per heavy atom. The second kappa shape index (κ2) is 8.51. The maximum atomic E-state index is 12.9. The third kappa shape index (κ3) is 4.48. The standard InChI is InChI=1S/C20H22ClNO5S/c1-14-5-10-18(21)19(12-14)27-20(23)15-4-3-11-22(13-15)28(24,25)17-8-6-16(26-2)7-9-17/h5-10,12,15H,3-4,11,13H2,1-2H3. The number of hydrogen-bond donors (Lipinski definition) is 0. The van der Waals surface area contributed by atoms with Crippen LogP contribution in [0.25, 0.3) is 0 Å². The zero-order valence-electron chi connectivity index (χ0n) is 15.7. The Kier molecular flexibility index (Phi) is 6.27. The lowest BCUT2D eigenvalue weighted by molar-refractivity contribution is -0.140. The molecule has 1 heterocycles. The van der Waals surface area contributed by atoms with Crippen molar-refractivity contribution in [1.82, 2.24) is 4.31 Å². The van der Waals surface area contributed by atoms with Crippen molar-refractivity contribution in [2.24, 2.45) is 5.92 Å². The van der Waals surface area contributed by atoms with E-state index in [4.69, 9.17) is 21.1 Å². The summed E-state index contributed by atoms with van der Waals surface area (Å²) in [5, 5.41) is 0.345. The largest absolute Gasteiger partial charge is 0.497 e. The molecule has 8 heteroatoms. The van der Waals surface area contributed by atoms with E-state index < -0.39 is 21.9 Å². The van der Waals surface area contributed by atoms with Crippen LogP contribution in [0.4, 0.5) is 0 Å². The smallest absolute Gasteiger partial charge is 0.315 e. The van der Waals surface area contributed by atoms with Crippen LogP contribution in [0.1, 0.15) is 18.4 Å². The summed E-state index contributed by atoms with van der Waals surface area (Å²) in [6.07, 6.45) is 1.15. The number of methoxy groups -OCH3 is 1. The summed E-state index contributed by atoms with van der Waals surface area (Å²) >= 11 is 6.09. The Bertz CT molecular complexity index is 959. The lowest BCUT2D eigenvalue weighted by atomic mass is 10.00. The molecule has 2 aromatic rings. The molecule has 1 fully saturated rings. The fraction of sp³-hybridized carbons (Fsp3) is 0.350. The van der Waals surface area contributed by atoms with Gasteiger partial charge in [0.25, 0.3) is 0 Å². The number of sulfonamides is 1. The van der Waals surface area contributed by atoms with Gasteiger partial charge >= 0.3 is 5.97 Å². The van der Waals surface area contributed by atoms with E-state index >= 15 is 0 Å². The van der Waals surface area contributed by atoms with Crippen LogP contribution in [0.3, 0.4) is 0 Å². The highest BCUT2D eigenvalue weighted by molar-refractivity contribution is 7.89. The summed E-state index contributed by atoms with van der Waals surface area (Å²) in [5.41, 5.74) is 0.916. The van der Waals surface area contributed by atoms with Gasteiger partial charge in [-0.2, -0.15) is 4.31 Å². The molecule has 0 spiro atoms. The molecule has 150 valence electrons. The van der Waals surface area contributed by atoms with Crippen LogP contribution in [0.15, 0.2) is 47.4 Å². The number of rotatable bonds is 5. The highest BCUT2D eigenvalue weighted by atomic mass is 35.5. The number of carbonyl (C=O) groups excluding carboxylic acids is 1. The minimum absolute atomic E-state index is 0.0800. The lowest BCUT2D eigenvalue weighted by Gasteiger charge is -2.30. The van der Waals surface area contributed by atoms with Crippen molar-refractivity contribution in [3.63, 3.8) is 0 Å². The molecule has 0 bridgehead atoms. The molecule has 6 nitrogen and oxygen atoms in total. The SMILES string of the molecule is COc1ccc(S(=O)(=O)N2CCCC(C(=O)Oc3cc(C)ccc3Cl)C2)cc1. The lowest BCUT2D eigenvalue weighted by Crippen LogP contribution is -2.43. The highest BCUT2D eigenvalue weighted by Gasteiger charge is 2.34. The van der Waals surface area contributed by atoms with E-state index in [2.05, 4.69) is 0 Å². The van der Waals surface area contributed by atoms with E-state index in [1.807, 2.05) is 13.0 Å². The topological polar surface area (TPSA) is 72.9 Å². The molecule has 0 radical (unpaired) electrons. The number of nitrogens with zero attached hydrogens (tertiary/aromatic N) is 1. The number of hydrogen-bond acceptors (Lipinski definition) is 5. The van der Waals surface area contributed by atoms with Gasteiger partial charge in [-0.05, 0) is 61.7 Å². The second-order valence-electron chi connectivity index (χ2n) is 6.73. The van der Waals surface area contributed by atoms with Crippen LogP contribution in [0, 0.1) is 12.8 Å². The predicted octanol–water partition coefficient (Wildman–Crippen LogP) is 3.66. The molecule has 0 N–H and O–H groups in total. The van der Waals surface area contributed by atoms with E-state index in [0.717, 1.165) is 5.56 Å². The molecular weight excluding hydrogens is 402 g/mol. The first-order valence-electron chi connectivity index (χ1n) is 8.93. The third-order valence-electron chi connectivity index (χ3n) is 4.71. The van der Waals surface area contributed by atoms with Crippen molar-refractivity contribution >= 4 is 27.6 Å². The Morgan fingerprint density at radius 3 is 2.57 bits per heavy atom.